The molecule has 78 heavy (non-hydrogen) atoms. The highest BCUT2D eigenvalue weighted by Crippen LogP contribution is 2.51. The number of likely N-dealkylation sites (N-methyl/N-ethyl adjacent to an activating group) is 1. The van der Waals surface area contributed by atoms with Gasteiger partial charge in [0.15, 0.2) is 12.6 Å². The largest absolute Gasteiger partial charge is 0.459 e. The van der Waals surface area contributed by atoms with Crippen LogP contribution in [0.2, 0.25) is 5.02 Å². The number of hydrogen-bond donors (Lipinski definition) is 6. The van der Waals surface area contributed by atoms with Crippen LogP contribution < -0.4 is 10.1 Å². The highest BCUT2D eigenvalue weighted by atomic mass is 35.5. The molecule has 18 atom stereocenters. The lowest BCUT2D eigenvalue weighted by Crippen LogP contribution is -2.61. The van der Waals surface area contributed by atoms with Gasteiger partial charge in [0, 0.05) is 85.7 Å². The van der Waals surface area contributed by atoms with Gasteiger partial charge in [0.05, 0.1) is 52.5 Å². The monoisotopic (exact) mass is 1130 g/mol. The third-order valence-electron chi connectivity index (χ3n) is 16.8. The molecule has 3 saturated heterocycles. The number of aliphatic hydroxyl groups is 5. The molecule has 4 aliphatic heterocycles. The minimum absolute atomic E-state index is 0.0569. The number of ether oxygens (including phenoxy) is 7. The number of para-hydroxylation sites is 1. The number of thiophene rings is 1. The molecular formula is C58H84ClN3O15S. The van der Waals surface area contributed by atoms with Gasteiger partial charge < -0.3 is 68.9 Å². The van der Waals surface area contributed by atoms with Crippen molar-refractivity contribution in [2.24, 2.45) is 17.8 Å². The first-order valence-electron chi connectivity index (χ1n) is 27.4. The average Bonchev–Trinajstić information content (AvgIpc) is 3.79. The Morgan fingerprint density at radius 1 is 0.923 bits per heavy atom. The predicted octanol–water partition coefficient (Wildman–Crippen LogP) is 7.16. The molecule has 3 fully saturated rings. The molecule has 0 radical (unpaired) electrons. The molecule has 5 heterocycles. The molecule has 20 heteroatoms. The van der Waals surface area contributed by atoms with Gasteiger partial charge in [-0.3, -0.25) is 19.3 Å². The van der Waals surface area contributed by atoms with Gasteiger partial charge in [0.1, 0.15) is 41.5 Å². The molecule has 4 aliphatic rings. The lowest BCUT2D eigenvalue weighted by molar-refractivity contribution is -0.317. The van der Waals surface area contributed by atoms with Crippen molar-refractivity contribution in [2.75, 3.05) is 33.8 Å². The van der Waals surface area contributed by atoms with Crippen LogP contribution in [0.3, 0.4) is 0 Å². The highest BCUT2D eigenvalue weighted by Gasteiger charge is 2.53. The summed E-state index contributed by atoms with van der Waals surface area (Å²) in [6.45, 7) is 19.4. The van der Waals surface area contributed by atoms with Gasteiger partial charge in [-0.25, -0.2) is 0 Å². The van der Waals surface area contributed by atoms with Gasteiger partial charge in [0.25, 0.3) is 5.91 Å². The highest BCUT2D eigenvalue weighted by molar-refractivity contribution is 7.18. The number of cyclic esters (lactones) is 1. The summed E-state index contributed by atoms with van der Waals surface area (Å²) in [5.41, 5.74) is -2.36. The summed E-state index contributed by atoms with van der Waals surface area (Å²) >= 11 is 7.82. The Morgan fingerprint density at radius 3 is 2.29 bits per heavy atom. The lowest BCUT2D eigenvalue weighted by Gasteiger charge is -2.49. The maximum absolute atomic E-state index is 14.7. The second kappa shape index (κ2) is 25.1. The van der Waals surface area contributed by atoms with Crippen LogP contribution in [0.1, 0.15) is 118 Å². The SMILES string of the molecule is CC[C@H]1OC(=O)[C@H](C)[C@@H](O[C@@H]2C[C@@](C)(OC)[C@@H](O)[C@@H](C)O2)[C@H](C)[C@@H](O[C@@H]2O[C@H](C)C[C@H](N(C)C(C)=O)[C@H]2O)[C@](C)(O)C[C@@H](C)CN(CCCNC(=O)c2cc3c(s2)-c2cc(Cl)ccc2Oc2ccccc2-3)[C@H](C)[C@@H](O)[C@]1(C)O. The summed E-state index contributed by atoms with van der Waals surface area (Å²) in [6.07, 6.45) is -10.0. The second-order valence-electron chi connectivity index (χ2n) is 23.1. The molecule has 1 aromatic heterocycles. The number of methoxy groups -OCH3 is 1. The van der Waals surface area contributed by atoms with Crippen LogP contribution >= 0.6 is 22.9 Å². The van der Waals surface area contributed by atoms with E-state index in [1.807, 2.05) is 61.2 Å². The van der Waals surface area contributed by atoms with Gasteiger partial charge in [-0.2, -0.15) is 0 Å². The molecule has 7 rings (SSSR count). The van der Waals surface area contributed by atoms with E-state index < -0.39 is 108 Å². The van der Waals surface area contributed by atoms with Crippen LogP contribution in [-0.4, -0.2) is 177 Å². The number of hydrogen-bond acceptors (Lipinski definition) is 17. The number of rotatable bonds is 12. The predicted molar refractivity (Wildman–Crippen MR) is 295 cm³/mol. The first-order valence-corrected chi connectivity index (χ1v) is 28.6. The summed E-state index contributed by atoms with van der Waals surface area (Å²) in [7, 11) is 3.08. The van der Waals surface area contributed by atoms with Crippen LogP contribution in [-0.2, 0) is 38.0 Å². The van der Waals surface area contributed by atoms with E-state index in [0.717, 1.165) is 21.6 Å². The first kappa shape index (κ1) is 61.8. The number of benzene rings is 2. The molecule has 0 unspecified atom stereocenters. The van der Waals surface area contributed by atoms with Gasteiger partial charge >= 0.3 is 5.97 Å². The van der Waals surface area contributed by atoms with E-state index in [-0.39, 0.29) is 50.1 Å². The molecule has 0 spiro atoms. The van der Waals surface area contributed by atoms with Gasteiger partial charge in [-0.15, -0.1) is 11.3 Å². The number of aliphatic hydroxyl groups excluding tert-OH is 3. The van der Waals surface area contributed by atoms with Crippen molar-refractivity contribution < 1.29 is 73.1 Å². The van der Waals surface area contributed by atoms with Crippen molar-refractivity contribution in [1.29, 1.82) is 0 Å². The van der Waals surface area contributed by atoms with Crippen molar-refractivity contribution in [3.8, 4) is 33.1 Å². The van der Waals surface area contributed by atoms with Gasteiger partial charge in [-0.1, -0.05) is 50.6 Å². The fraction of sp³-hybridized carbons (Fsp3) is 0.672. The van der Waals surface area contributed by atoms with Crippen LogP contribution in [0.25, 0.3) is 21.6 Å². The summed E-state index contributed by atoms with van der Waals surface area (Å²) in [4.78, 5) is 46.2. The average molecular weight is 1130 g/mol. The Morgan fingerprint density at radius 2 is 1.62 bits per heavy atom. The molecule has 0 aliphatic carbocycles. The van der Waals surface area contributed by atoms with Crippen molar-refractivity contribution in [2.45, 2.75) is 199 Å². The molecular weight excluding hydrogens is 1050 g/mol. The smallest absolute Gasteiger partial charge is 0.311 e. The Labute approximate surface area is 468 Å². The Kier molecular flexibility index (Phi) is 19.9. The Balaban J connectivity index is 1.19. The lowest BCUT2D eigenvalue weighted by atomic mass is 9.77. The number of nitrogens with zero attached hydrogens (tertiary/aromatic N) is 2. The standard InChI is InChI=1S/C58H84ClN3O15S/c1-14-45-58(11,70)50(65)34(6)62(23-17-22-60-53(67)44-26-39-38-18-15-16-19-42(38)74-43-21-20-37(59)25-40(43)49(39)78-44)29-30(2)27-56(9,69)52(77-55-47(64)41(24-31(3)72-55)61(12)36(8)63)32(4)48(33(5)54(68)75-45)76-46-28-57(10,71-13)51(66)35(7)73-46/h15-16,18-21,25-26,30-35,41,45-48,50-52,55,64-66,69-70H,14,17,22-24,27-29H2,1-13H3,(H,60,67)/t30-,31-,32+,33-,34-,35-,41+,45-,46-,47-,48+,50-,51+,52-,55+,56-,57-,58-/m1/s1. The summed E-state index contributed by atoms with van der Waals surface area (Å²) in [6, 6.07) is 13.5. The normalized spacial score (nSPS) is 37.0. The van der Waals surface area contributed by atoms with Crippen molar-refractivity contribution in [1.82, 2.24) is 15.1 Å². The molecule has 3 aromatic rings. The number of esters is 1. The molecule has 0 bridgehead atoms. The number of nitrogens with one attached hydrogen (secondary N) is 1. The van der Waals surface area contributed by atoms with Crippen molar-refractivity contribution >= 4 is 40.7 Å². The number of halogens is 1. The quantitative estimate of drug-likeness (QED) is 0.0610. The number of carbonyl (C=O) groups is 3. The fourth-order valence-corrected chi connectivity index (χ4v) is 13.4. The van der Waals surface area contributed by atoms with E-state index in [9.17, 15) is 39.9 Å². The van der Waals surface area contributed by atoms with Crippen LogP contribution in [0.5, 0.6) is 11.5 Å². The summed E-state index contributed by atoms with van der Waals surface area (Å²) in [5.74, 6) is -2.41. The molecule has 2 aromatic carbocycles. The molecule has 18 nitrogen and oxygen atoms in total. The topological polar surface area (TPSA) is 235 Å². The van der Waals surface area contributed by atoms with E-state index in [1.165, 1.54) is 37.2 Å². The Hall–Kier alpha value is -3.80. The molecule has 434 valence electrons. The zero-order chi connectivity index (χ0) is 57.3. The number of fused-ring (bicyclic) bond motifs is 5. The Bertz CT molecular complexity index is 2570. The summed E-state index contributed by atoms with van der Waals surface area (Å²) in [5, 5.41) is 64.3. The van der Waals surface area contributed by atoms with Gasteiger partial charge in [0.2, 0.25) is 5.91 Å². The van der Waals surface area contributed by atoms with E-state index in [4.69, 9.17) is 44.8 Å². The van der Waals surface area contributed by atoms with Crippen LogP contribution in [0.4, 0.5) is 0 Å². The van der Waals surface area contributed by atoms with Gasteiger partial charge in [-0.05, 0) is 110 Å². The number of carbonyl (C=O) groups excluding carboxylic acids is 3. The van der Waals surface area contributed by atoms with E-state index in [2.05, 4.69) is 5.32 Å². The third kappa shape index (κ3) is 13.3. The second-order valence-corrected chi connectivity index (χ2v) is 24.6. The van der Waals surface area contributed by atoms with Crippen LogP contribution in [0.15, 0.2) is 48.5 Å². The fourth-order valence-electron chi connectivity index (χ4n) is 12.1. The zero-order valence-corrected chi connectivity index (χ0v) is 49.0. The number of amides is 2. The minimum atomic E-state index is -1.98. The maximum atomic E-state index is 14.7. The molecule has 2 amide bonds. The molecule has 6 N–H and O–H groups in total. The van der Waals surface area contributed by atoms with Crippen molar-refractivity contribution in [3.63, 3.8) is 0 Å². The van der Waals surface area contributed by atoms with E-state index in [1.54, 1.807) is 61.6 Å². The van der Waals surface area contributed by atoms with E-state index in [0.29, 0.717) is 40.8 Å². The minimum Gasteiger partial charge on any atom is -0.459 e. The third-order valence-corrected chi connectivity index (χ3v) is 18.2. The van der Waals surface area contributed by atoms with Crippen molar-refractivity contribution in [3.05, 3.63) is 58.4 Å². The molecule has 0 saturated carbocycles. The summed E-state index contributed by atoms with van der Waals surface area (Å²) < 4.78 is 44.5. The van der Waals surface area contributed by atoms with E-state index >= 15 is 0 Å². The van der Waals surface area contributed by atoms with Crippen LogP contribution in [0, 0.1) is 17.8 Å². The maximum Gasteiger partial charge on any atom is 0.311 e. The zero-order valence-electron chi connectivity index (χ0n) is 47.4. The first-order chi connectivity index (χ1) is 36.6.